The molecule has 0 unspecified atom stereocenters. The third-order valence-corrected chi connectivity index (χ3v) is 5.76. The minimum atomic E-state index is -3.76. The van der Waals surface area contributed by atoms with Crippen LogP contribution in [0.1, 0.15) is 31.1 Å². The Balaban J connectivity index is 2.28. The van der Waals surface area contributed by atoms with E-state index in [1.807, 2.05) is 13.8 Å². The number of halogens is 1. The molecule has 2 amide bonds. The highest BCUT2D eigenvalue weighted by atomic mass is 35.5. The monoisotopic (exact) mass is 451 g/mol. The summed E-state index contributed by atoms with van der Waals surface area (Å²) in [6, 6.07) is 11.7. The van der Waals surface area contributed by atoms with E-state index in [0.29, 0.717) is 28.5 Å². The van der Waals surface area contributed by atoms with Crippen molar-refractivity contribution in [1.29, 1.82) is 0 Å². The number of nitrogens with zero attached hydrogens (tertiary/aromatic N) is 1. The molecule has 0 fully saturated rings. The van der Waals surface area contributed by atoms with Crippen LogP contribution in [-0.4, -0.2) is 39.1 Å². The molecular weight excluding hydrogens is 426 g/mol. The van der Waals surface area contributed by atoms with Crippen LogP contribution in [0, 0.1) is 5.92 Å². The zero-order valence-electron chi connectivity index (χ0n) is 17.3. The normalized spacial score (nSPS) is 12.3. The largest absolute Gasteiger partial charge is 0.352 e. The molecule has 0 saturated carbocycles. The van der Waals surface area contributed by atoms with E-state index in [9.17, 15) is 18.0 Å². The highest BCUT2D eigenvalue weighted by Gasteiger charge is 2.29. The molecule has 0 aromatic heterocycles. The molecule has 0 aliphatic heterocycles. The van der Waals surface area contributed by atoms with Crippen molar-refractivity contribution in [3.8, 4) is 0 Å². The predicted octanol–water partition coefficient (Wildman–Crippen LogP) is 3.52. The molecular formula is C21H26ClN3O4S. The Kier molecular flexibility index (Phi) is 7.86. The molecule has 0 aliphatic rings. The van der Waals surface area contributed by atoms with Gasteiger partial charge in [0.15, 0.2) is 0 Å². The number of carbonyl (C=O) groups is 2. The Morgan fingerprint density at radius 3 is 2.20 bits per heavy atom. The lowest BCUT2D eigenvalue weighted by Gasteiger charge is -2.28. The number of sulfonamides is 1. The van der Waals surface area contributed by atoms with E-state index in [0.717, 1.165) is 10.6 Å². The van der Waals surface area contributed by atoms with Gasteiger partial charge in [0.25, 0.3) is 5.91 Å². The molecule has 9 heteroatoms. The summed E-state index contributed by atoms with van der Waals surface area (Å²) in [5.41, 5.74) is 0.920. The lowest BCUT2D eigenvalue weighted by atomic mass is 10.1. The fourth-order valence-corrected chi connectivity index (χ4v) is 4.12. The molecule has 0 aliphatic carbocycles. The first-order valence-electron chi connectivity index (χ1n) is 9.43. The summed E-state index contributed by atoms with van der Waals surface area (Å²) in [6.07, 6.45) is 1.03. The number of hydrogen-bond acceptors (Lipinski definition) is 4. The number of hydrogen-bond donors (Lipinski definition) is 2. The van der Waals surface area contributed by atoms with Crippen LogP contribution in [-0.2, 0) is 14.8 Å². The van der Waals surface area contributed by atoms with Gasteiger partial charge in [0, 0.05) is 11.6 Å². The highest BCUT2D eigenvalue weighted by molar-refractivity contribution is 7.92. The van der Waals surface area contributed by atoms with Crippen molar-refractivity contribution >= 4 is 44.8 Å². The van der Waals surface area contributed by atoms with Crippen molar-refractivity contribution in [3.05, 3.63) is 59.1 Å². The summed E-state index contributed by atoms with van der Waals surface area (Å²) < 4.78 is 25.8. The van der Waals surface area contributed by atoms with Gasteiger partial charge < -0.3 is 10.6 Å². The van der Waals surface area contributed by atoms with Crippen molar-refractivity contribution in [2.24, 2.45) is 5.92 Å². The zero-order chi connectivity index (χ0) is 22.5. The van der Waals surface area contributed by atoms with E-state index >= 15 is 0 Å². The zero-order valence-corrected chi connectivity index (χ0v) is 18.9. The maximum absolute atomic E-state index is 12.9. The van der Waals surface area contributed by atoms with Crippen LogP contribution in [0.5, 0.6) is 0 Å². The molecule has 0 bridgehead atoms. The Morgan fingerprint density at radius 2 is 1.63 bits per heavy atom. The average molecular weight is 452 g/mol. The Hall–Kier alpha value is -2.58. The minimum absolute atomic E-state index is 0.276. The topological polar surface area (TPSA) is 95.6 Å². The fraction of sp³-hybridized carbons (Fsp3) is 0.333. The second-order valence-electron chi connectivity index (χ2n) is 7.35. The van der Waals surface area contributed by atoms with Gasteiger partial charge in [0.2, 0.25) is 15.9 Å². The van der Waals surface area contributed by atoms with Gasteiger partial charge in [-0.3, -0.25) is 13.9 Å². The standard InChI is InChI=1S/C21H26ClN3O4S/c1-14(2)13-23-21(27)18-7-5-6-8-19(18)24-20(26)15(3)25(30(4,28)29)17-11-9-16(22)10-12-17/h5-12,14-15H,13H2,1-4H3,(H,23,27)(H,24,26)/t15-/m0/s1. The summed E-state index contributed by atoms with van der Waals surface area (Å²) in [7, 11) is -3.76. The highest BCUT2D eigenvalue weighted by Crippen LogP contribution is 2.24. The molecule has 30 heavy (non-hydrogen) atoms. The number of carbonyl (C=O) groups excluding carboxylic acids is 2. The molecule has 162 valence electrons. The summed E-state index contributed by atoms with van der Waals surface area (Å²) >= 11 is 5.89. The Bertz CT molecular complexity index is 1010. The van der Waals surface area contributed by atoms with Crippen LogP contribution in [0.3, 0.4) is 0 Å². The summed E-state index contributed by atoms with van der Waals surface area (Å²) in [5.74, 6) is -0.608. The Labute approximate surface area is 182 Å². The van der Waals surface area contributed by atoms with Crippen molar-refractivity contribution in [2.75, 3.05) is 22.4 Å². The average Bonchev–Trinajstić information content (AvgIpc) is 2.67. The van der Waals surface area contributed by atoms with Crippen molar-refractivity contribution in [1.82, 2.24) is 5.32 Å². The molecule has 0 heterocycles. The number of benzene rings is 2. The molecule has 2 aromatic rings. The molecule has 2 rings (SSSR count). The lowest BCUT2D eigenvalue weighted by molar-refractivity contribution is -0.116. The predicted molar refractivity (Wildman–Crippen MR) is 120 cm³/mol. The van der Waals surface area contributed by atoms with Crippen molar-refractivity contribution < 1.29 is 18.0 Å². The van der Waals surface area contributed by atoms with Crippen LogP contribution in [0.2, 0.25) is 5.02 Å². The number of rotatable bonds is 8. The van der Waals surface area contributed by atoms with Gasteiger partial charge in [-0.1, -0.05) is 37.6 Å². The Morgan fingerprint density at radius 1 is 1.03 bits per heavy atom. The van der Waals surface area contributed by atoms with E-state index in [-0.39, 0.29) is 11.8 Å². The van der Waals surface area contributed by atoms with Gasteiger partial charge in [0.1, 0.15) is 6.04 Å². The third kappa shape index (κ3) is 6.21. The fourth-order valence-electron chi connectivity index (χ4n) is 2.82. The molecule has 0 radical (unpaired) electrons. The first-order valence-corrected chi connectivity index (χ1v) is 11.7. The first-order chi connectivity index (χ1) is 14.0. The van der Waals surface area contributed by atoms with Crippen LogP contribution >= 0.6 is 11.6 Å². The summed E-state index contributed by atoms with van der Waals surface area (Å²) in [4.78, 5) is 25.4. The van der Waals surface area contributed by atoms with Gasteiger partial charge in [-0.25, -0.2) is 8.42 Å². The second kappa shape index (κ2) is 9.95. The second-order valence-corrected chi connectivity index (χ2v) is 9.65. The van der Waals surface area contributed by atoms with E-state index in [1.165, 1.54) is 19.1 Å². The molecule has 2 N–H and O–H groups in total. The van der Waals surface area contributed by atoms with Crippen LogP contribution in [0.25, 0.3) is 0 Å². The smallest absolute Gasteiger partial charge is 0.253 e. The minimum Gasteiger partial charge on any atom is -0.352 e. The maximum Gasteiger partial charge on any atom is 0.253 e. The molecule has 0 saturated heterocycles. The quantitative estimate of drug-likeness (QED) is 0.641. The van der Waals surface area contributed by atoms with E-state index in [2.05, 4.69) is 10.6 Å². The maximum atomic E-state index is 12.9. The van der Waals surface area contributed by atoms with Gasteiger partial charge in [-0.05, 0) is 49.2 Å². The van der Waals surface area contributed by atoms with Crippen LogP contribution < -0.4 is 14.9 Å². The van der Waals surface area contributed by atoms with E-state index in [4.69, 9.17) is 11.6 Å². The molecule has 1 atom stereocenters. The SMILES string of the molecule is CC(C)CNC(=O)c1ccccc1NC(=O)[C@H](C)N(c1ccc(Cl)cc1)S(C)(=O)=O. The van der Waals surface area contributed by atoms with Crippen molar-refractivity contribution in [2.45, 2.75) is 26.8 Å². The van der Waals surface area contributed by atoms with Gasteiger partial charge in [-0.15, -0.1) is 0 Å². The summed E-state index contributed by atoms with van der Waals surface area (Å²) in [6.45, 7) is 5.93. The van der Waals surface area contributed by atoms with E-state index in [1.54, 1.807) is 36.4 Å². The van der Waals surface area contributed by atoms with Gasteiger partial charge >= 0.3 is 0 Å². The number of nitrogens with one attached hydrogen (secondary N) is 2. The molecule has 2 aromatic carbocycles. The van der Waals surface area contributed by atoms with Crippen molar-refractivity contribution in [3.63, 3.8) is 0 Å². The number of para-hydroxylation sites is 1. The summed E-state index contributed by atoms with van der Waals surface area (Å²) in [5, 5.41) is 5.94. The molecule has 7 nitrogen and oxygen atoms in total. The lowest BCUT2D eigenvalue weighted by Crippen LogP contribution is -2.45. The number of anilines is 2. The van der Waals surface area contributed by atoms with Crippen LogP contribution in [0.4, 0.5) is 11.4 Å². The van der Waals surface area contributed by atoms with Gasteiger partial charge in [-0.2, -0.15) is 0 Å². The van der Waals surface area contributed by atoms with Crippen LogP contribution in [0.15, 0.2) is 48.5 Å². The van der Waals surface area contributed by atoms with E-state index < -0.39 is 22.0 Å². The molecule has 0 spiro atoms. The third-order valence-electron chi connectivity index (χ3n) is 4.27. The first kappa shape index (κ1) is 23.7. The van der Waals surface area contributed by atoms with Gasteiger partial charge in [0.05, 0.1) is 23.2 Å². The number of amides is 2.